The molecule has 0 fully saturated rings. The molecule has 3 rings (SSSR count). The fourth-order valence-corrected chi connectivity index (χ4v) is 2.39. The lowest BCUT2D eigenvalue weighted by Crippen LogP contribution is -2.20. The van der Waals surface area contributed by atoms with Gasteiger partial charge in [-0.1, -0.05) is 0 Å². The second-order valence-electron chi connectivity index (χ2n) is 4.83. The first-order valence-corrected chi connectivity index (χ1v) is 6.24. The highest BCUT2D eigenvalue weighted by molar-refractivity contribution is 5.39. The second-order valence-corrected chi connectivity index (χ2v) is 4.83. The van der Waals surface area contributed by atoms with E-state index in [1.54, 1.807) is 0 Å². The van der Waals surface area contributed by atoms with E-state index in [0.29, 0.717) is 12.1 Å². The number of aliphatic hydroxyl groups excluding tert-OH is 1. The minimum Gasteiger partial charge on any atom is -0.485 e. The predicted molar refractivity (Wildman–Crippen MR) is 65.7 cm³/mol. The molecule has 2 aromatic carbocycles. The Balaban J connectivity index is 1.99. The van der Waals surface area contributed by atoms with Crippen LogP contribution in [0.1, 0.15) is 29.8 Å². The maximum atomic E-state index is 13.8. The smallest absolute Gasteiger partial charge is 0.161 e. The highest BCUT2D eigenvalue weighted by Crippen LogP contribution is 2.41. The highest BCUT2D eigenvalue weighted by atomic mass is 19.2. The molecule has 2 unspecified atom stereocenters. The molecule has 2 atom stereocenters. The van der Waals surface area contributed by atoms with Crippen molar-refractivity contribution in [2.24, 2.45) is 0 Å². The first-order valence-electron chi connectivity index (χ1n) is 6.24. The molecular weight excluding hydrogens is 288 g/mol. The van der Waals surface area contributed by atoms with Crippen LogP contribution in [0.25, 0.3) is 0 Å². The molecule has 0 aromatic heterocycles. The number of aliphatic hydroxyl groups is 1. The summed E-state index contributed by atoms with van der Waals surface area (Å²) in [7, 11) is 0. The van der Waals surface area contributed by atoms with Gasteiger partial charge in [0.25, 0.3) is 0 Å². The van der Waals surface area contributed by atoms with Crippen molar-refractivity contribution in [3.63, 3.8) is 0 Å². The van der Waals surface area contributed by atoms with E-state index in [2.05, 4.69) is 0 Å². The van der Waals surface area contributed by atoms with Crippen molar-refractivity contribution in [2.45, 2.75) is 18.6 Å². The van der Waals surface area contributed by atoms with Crippen LogP contribution in [0.5, 0.6) is 5.75 Å². The fraction of sp³-hybridized carbons (Fsp3) is 0.200. The molecule has 0 saturated carbocycles. The van der Waals surface area contributed by atoms with Crippen LogP contribution in [-0.4, -0.2) is 5.11 Å². The van der Waals surface area contributed by atoms with Gasteiger partial charge in [0, 0.05) is 23.6 Å². The molecule has 0 radical (unpaired) electrons. The van der Waals surface area contributed by atoms with Gasteiger partial charge >= 0.3 is 0 Å². The SMILES string of the molecule is OC1CC(c2cc(F)c(F)cc2F)Oc2ccc(F)cc21. The molecule has 2 aromatic rings. The Bertz CT molecular complexity index is 702. The van der Waals surface area contributed by atoms with Crippen molar-refractivity contribution in [1.82, 2.24) is 0 Å². The maximum absolute atomic E-state index is 13.8. The lowest BCUT2D eigenvalue weighted by Gasteiger charge is -2.30. The van der Waals surface area contributed by atoms with Crippen LogP contribution >= 0.6 is 0 Å². The number of benzene rings is 2. The Hall–Kier alpha value is -2.08. The average Bonchev–Trinajstić information content (AvgIpc) is 2.43. The zero-order chi connectivity index (χ0) is 15.1. The molecule has 0 bridgehead atoms. The fourth-order valence-electron chi connectivity index (χ4n) is 2.39. The second kappa shape index (κ2) is 5.04. The topological polar surface area (TPSA) is 29.5 Å². The van der Waals surface area contributed by atoms with Crippen molar-refractivity contribution in [2.75, 3.05) is 0 Å². The Labute approximate surface area is 117 Å². The van der Waals surface area contributed by atoms with Crippen LogP contribution in [0.3, 0.4) is 0 Å². The normalized spacial score (nSPS) is 20.8. The molecule has 1 aliphatic heterocycles. The van der Waals surface area contributed by atoms with E-state index < -0.39 is 35.5 Å². The average molecular weight is 298 g/mol. The van der Waals surface area contributed by atoms with E-state index in [1.165, 1.54) is 6.07 Å². The van der Waals surface area contributed by atoms with E-state index in [-0.39, 0.29) is 23.3 Å². The summed E-state index contributed by atoms with van der Waals surface area (Å²) in [6, 6.07) is 4.70. The number of hydrogen-bond donors (Lipinski definition) is 1. The van der Waals surface area contributed by atoms with E-state index >= 15 is 0 Å². The minimum atomic E-state index is -1.30. The van der Waals surface area contributed by atoms with Crippen LogP contribution < -0.4 is 4.74 Å². The van der Waals surface area contributed by atoms with E-state index in [9.17, 15) is 22.7 Å². The molecule has 1 aliphatic rings. The van der Waals surface area contributed by atoms with Gasteiger partial charge in [0.05, 0.1) is 6.10 Å². The maximum Gasteiger partial charge on any atom is 0.161 e. The Morgan fingerprint density at radius 3 is 2.38 bits per heavy atom. The monoisotopic (exact) mass is 298 g/mol. The van der Waals surface area contributed by atoms with Gasteiger partial charge in [-0.15, -0.1) is 0 Å². The summed E-state index contributed by atoms with van der Waals surface area (Å²) in [5.74, 6) is -3.81. The molecule has 0 amide bonds. The van der Waals surface area contributed by atoms with E-state index in [0.717, 1.165) is 12.1 Å². The van der Waals surface area contributed by atoms with E-state index in [1.807, 2.05) is 0 Å². The molecule has 0 saturated heterocycles. The third kappa shape index (κ3) is 2.47. The minimum absolute atomic E-state index is 0.0849. The summed E-state index contributed by atoms with van der Waals surface area (Å²) in [5.41, 5.74) is 0.0529. The van der Waals surface area contributed by atoms with Gasteiger partial charge in [0.1, 0.15) is 23.5 Å². The van der Waals surface area contributed by atoms with Crippen molar-refractivity contribution in [3.05, 3.63) is 64.7 Å². The largest absolute Gasteiger partial charge is 0.485 e. The number of ether oxygens (including phenoxy) is 1. The third-order valence-corrected chi connectivity index (χ3v) is 3.42. The standard InChI is InChI=1S/C15H10F4O2/c16-7-1-2-14-9(3-7)13(20)6-15(21-14)8-4-11(18)12(19)5-10(8)17/h1-5,13,15,20H,6H2. The molecule has 110 valence electrons. The molecule has 1 heterocycles. The van der Waals surface area contributed by atoms with Gasteiger partial charge in [0.2, 0.25) is 0 Å². The van der Waals surface area contributed by atoms with Gasteiger partial charge in [-0.3, -0.25) is 0 Å². The molecule has 21 heavy (non-hydrogen) atoms. The molecular formula is C15H10F4O2. The summed E-state index contributed by atoms with van der Waals surface area (Å²) < 4.78 is 58.5. The lowest BCUT2D eigenvalue weighted by atomic mass is 9.94. The zero-order valence-corrected chi connectivity index (χ0v) is 10.6. The summed E-state index contributed by atoms with van der Waals surface area (Å²) >= 11 is 0. The summed E-state index contributed by atoms with van der Waals surface area (Å²) in [5, 5.41) is 10.00. The van der Waals surface area contributed by atoms with Crippen molar-refractivity contribution in [1.29, 1.82) is 0 Å². The summed E-state index contributed by atoms with van der Waals surface area (Å²) in [6.07, 6.45) is -2.15. The first-order chi connectivity index (χ1) is 9.95. The summed E-state index contributed by atoms with van der Waals surface area (Å²) in [6.45, 7) is 0. The quantitative estimate of drug-likeness (QED) is 0.641. The Kier molecular flexibility index (Phi) is 3.33. The molecule has 0 spiro atoms. The van der Waals surface area contributed by atoms with Crippen LogP contribution in [0.4, 0.5) is 17.6 Å². The molecule has 6 heteroatoms. The molecule has 0 aliphatic carbocycles. The van der Waals surface area contributed by atoms with Crippen LogP contribution in [-0.2, 0) is 0 Å². The van der Waals surface area contributed by atoms with Crippen LogP contribution in [0.15, 0.2) is 30.3 Å². The third-order valence-electron chi connectivity index (χ3n) is 3.42. The van der Waals surface area contributed by atoms with Gasteiger partial charge in [0.15, 0.2) is 11.6 Å². The number of fused-ring (bicyclic) bond motifs is 1. The number of rotatable bonds is 1. The molecule has 1 N–H and O–H groups in total. The van der Waals surface area contributed by atoms with Crippen molar-refractivity contribution < 1.29 is 27.4 Å². The van der Waals surface area contributed by atoms with Crippen LogP contribution in [0, 0.1) is 23.3 Å². The predicted octanol–water partition coefficient (Wildman–Crippen LogP) is 3.80. The number of hydrogen-bond acceptors (Lipinski definition) is 2. The highest BCUT2D eigenvalue weighted by Gasteiger charge is 2.30. The van der Waals surface area contributed by atoms with Gasteiger partial charge < -0.3 is 9.84 Å². The van der Waals surface area contributed by atoms with Crippen LogP contribution in [0.2, 0.25) is 0 Å². The summed E-state index contributed by atoms with van der Waals surface area (Å²) in [4.78, 5) is 0. The first kappa shape index (κ1) is 13.9. The van der Waals surface area contributed by atoms with Gasteiger partial charge in [-0.05, 0) is 24.3 Å². The van der Waals surface area contributed by atoms with Crippen molar-refractivity contribution >= 4 is 0 Å². The van der Waals surface area contributed by atoms with Crippen molar-refractivity contribution in [3.8, 4) is 5.75 Å². The van der Waals surface area contributed by atoms with Gasteiger partial charge in [-0.2, -0.15) is 0 Å². The lowest BCUT2D eigenvalue weighted by molar-refractivity contribution is 0.0633. The zero-order valence-electron chi connectivity index (χ0n) is 10.6. The van der Waals surface area contributed by atoms with E-state index in [4.69, 9.17) is 4.74 Å². The molecule has 2 nitrogen and oxygen atoms in total. The van der Waals surface area contributed by atoms with Gasteiger partial charge in [-0.25, -0.2) is 17.6 Å². The number of halogens is 4. The Morgan fingerprint density at radius 1 is 0.905 bits per heavy atom. The Morgan fingerprint density at radius 2 is 1.62 bits per heavy atom.